The van der Waals surface area contributed by atoms with Crippen LogP contribution >= 0.6 is 22.7 Å². The van der Waals surface area contributed by atoms with Gasteiger partial charge in [-0.25, -0.2) is 8.42 Å². The maximum atomic E-state index is 13.4. The van der Waals surface area contributed by atoms with Crippen molar-refractivity contribution in [3.05, 3.63) is 74.6 Å². The van der Waals surface area contributed by atoms with Crippen LogP contribution in [0.2, 0.25) is 0 Å². The minimum Gasteiger partial charge on any atom is -0.333 e. The number of piperazine rings is 1. The van der Waals surface area contributed by atoms with Gasteiger partial charge in [-0.15, -0.1) is 22.7 Å². The van der Waals surface area contributed by atoms with Crippen LogP contribution in [0.3, 0.4) is 0 Å². The molecule has 0 saturated carbocycles. The third kappa shape index (κ3) is 5.47. The fourth-order valence-electron chi connectivity index (χ4n) is 3.69. The Kier molecular flexibility index (Phi) is 7.42. The Hall–Kier alpha value is -2.04. The van der Waals surface area contributed by atoms with E-state index in [-0.39, 0.29) is 10.8 Å². The molecule has 0 aliphatic carbocycles. The maximum absolute atomic E-state index is 13.4. The molecule has 0 spiro atoms. The Balaban J connectivity index is 1.55. The number of amides is 1. The second-order valence-corrected chi connectivity index (χ2v) is 11.9. The van der Waals surface area contributed by atoms with Crippen LogP contribution in [-0.4, -0.2) is 68.2 Å². The van der Waals surface area contributed by atoms with E-state index < -0.39 is 10.0 Å². The summed E-state index contributed by atoms with van der Waals surface area (Å²) in [4.78, 5) is 19.9. The Morgan fingerprint density at radius 3 is 2.31 bits per heavy atom. The second-order valence-electron chi connectivity index (χ2n) is 7.87. The largest absolute Gasteiger partial charge is 0.333 e. The number of carbonyl (C=O) groups is 1. The minimum absolute atomic E-state index is 0.148. The molecule has 2 aromatic heterocycles. The third-order valence-electron chi connectivity index (χ3n) is 5.60. The number of thiophene rings is 2. The summed E-state index contributed by atoms with van der Waals surface area (Å²) >= 11 is 3.29. The summed E-state index contributed by atoms with van der Waals surface area (Å²) in [5.74, 6) is -0.148. The molecule has 3 heterocycles. The molecule has 1 aromatic carbocycles. The van der Waals surface area contributed by atoms with Gasteiger partial charge in [-0.3, -0.25) is 4.79 Å². The zero-order chi connectivity index (χ0) is 22.6. The van der Waals surface area contributed by atoms with Gasteiger partial charge in [0.2, 0.25) is 10.0 Å². The summed E-state index contributed by atoms with van der Waals surface area (Å²) in [6.07, 6.45) is 0.772. The minimum atomic E-state index is -3.63. The first kappa shape index (κ1) is 23.1. The molecule has 0 radical (unpaired) electrons. The molecule has 0 bridgehead atoms. The van der Waals surface area contributed by atoms with Crippen molar-refractivity contribution in [1.29, 1.82) is 0 Å². The molecular weight excluding hydrogens is 462 g/mol. The number of sulfonamides is 1. The molecule has 4 rings (SSSR count). The van der Waals surface area contributed by atoms with Crippen LogP contribution in [0.25, 0.3) is 0 Å². The molecule has 1 fully saturated rings. The van der Waals surface area contributed by atoms with Gasteiger partial charge in [0, 0.05) is 48.0 Å². The highest BCUT2D eigenvalue weighted by Gasteiger charge is 2.28. The molecule has 0 N–H and O–H groups in total. The predicted octanol–water partition coefficient (Wildman–Crippen LogP) is 3.63. The molecule has 9 heteroatoms. The summed E-state index contributed by atoms with van der Waals surface area (Å²) < 4.78 is 27.8. The van der Waals surface area contributed by atoms with Gasteiger partial charge in [0.1, 0.15) is 0 Å². The lowest BCUT2D eigenvalue weighted by molar-refractivity contribution is 0.0747. The van der Waals surface area contributed by atoms with Gasteiger partial charge in [-0.05, 0) is 54.6 Å². The number of hydrogen-bond acceptors (Lipinski definition) is 6. The number of benzene rings is 1. The molecule has 3 aromatic rings. The lowest BCUT2D eigenvalue weighted by Crippen LogP contribution is -2.47. The van der Waals surface area contributed by atoms with E-state index in [1.54, 1.807) is 40.9 Å². The number of rotatable bonds is 8. The summed E-state index contributed by atoms with van der Waals surface area (Å²) in [7, 11) is -1.64. The average molecular weight is 490 g/mol. The molecule has 1 saturated heterocycles. The number of nitrogens with zero attached hydrogens (tertiary/aromatic N) is 3. The van der Waals surface area contributed by atoms with E-state index in [2.05, 4.69) is 11.0 Å². The zero-order valence-corrected chi connectivity index (χ0v) is 20.5. The van der Waals surface area contributed by atoms with Crippen LogP contribution < -0.4 is 0 Å². The van der Waals surface area contributed by atoms with Gasteiger partial charge >= 0.3 is 0 Å². The monoisotopic (exact) mass is 489 g/mol. The number of hydrogen-bond donors (Lipinski definition) is 0. The van der Waals surface area contributed by atoms with Crippen LogP contribution in [0, 0.1) is 0 Å². The predicted molar refractivity (Wildman–Crippen MR) is 130 cm³/mol. The average Bonchev–Trinajstić information content (AvgIpc) is 3.51. The molecule has 1 amide bonds. The highest BCUT2D eigenvalue weighted by molar-refractivity contribution is 7.89. The van der Waals surface area contributed by atoms with Crippen LogP contribution in [-0.2, 0) is 23.0 Å². The Bertz CT molecular complexity index is 1120. The third-order valence-corrected chi connectivity index (χ3v) is 9.30. The maximum Gasteiger partial charge on any atom is 0.254 e. The summed E-state index contributed by atoms with van der Waals surface area (Å²) in [6, 6.07) is 14.6. The second kappa shape index (κ2) is 10.3. The molecule has 170 valence electrons. The fraction of sp³-hybridized carbons (Fsp3) is 0.348. The van der Waals surface area contributed by atoms with E-state index in [0.717, 1.165) is 11.3 Å². The summed E-state index contributed by atoms with van der Waals surface area (Å²) in [6.45, 7) is 3.42. The Morgan fingerprint density at radius 2 is 1.66 bits per heavy atom. The summed E-state index contributed by atoms with van der Waals surface area (Å²) in [5, 5.41) is 4.04. The van der Waals surface area contributed by atoms with Gasteiger partial charge in [0.15, 0.2) is 0 Å². The van der Waals surface area contributed by atoms with Crippen molar-refractivity contribution in [2.45, 2.75) is 17.9 Å². The van der Waals surface area contributed by atoms with E-state index in [9.17, 15) is 13.2 Å². The van der Waals surface area contributed by atoms with Crippen LogP contribution in [0.4, 0.5) is 0 Å². The highest BCUT2D eigenvalue weighted by atomic mass is 32.2. The quantitative estimate of drug-likeness (QED) is 0.485. The van der Waals surface area contributed by atoms with Crippen molar-refractivity contribution in [2.24, 2.45) is 0 Å². The molecule has 0 unspecified atom stereocenters. The smallest absolute Gasteiger partial charge is 0.254 e. The first-order valence-electron chi connectivity index (χ1n) is 10.6. The van der Waals surface area contributed by atoms with Crippen molar-refractivity contribution in [3.63, 3.8) is 0 Å². The standard InChI is InChI=1S/C23H27N3O3S3/c1-24-11-13-26(14-12-24)32(28,29)22-8-2-5-19(17-22)23(27)25(18-21-7-4-16-31-21)10-9-20-6-3-15-30-20/h2-8,15-17H,9-14,18H2,1H3. The lowest BCUT2D eigenvalue weighted by Gasteiger charge is -2.31. The fourth-order valence-corrected chi connectivity index (χ4v) is 6.58. The lowest BCUT2D eigenvalue weighted by atomic mass is 10.2. The van der Waals surface area contributed by atoms with Gasteiger partial charge in [0.05, 0.1) is 11.4 Å². The Morgan fingerprint density at radius 1 is 0.969 bits per heavy atom. The Labute approximate surface area is 197 Å². The van der Waals surface area contributed by atoms with Gasteiger partial charge in [0.25, 0.3) is 5.91 Å². The van der Waals surface area contributed by atoms with Crippen LogP contribution in [0.15, 0.2) is 64.2 Å². The van der Waals surface area contributed by atoms with E-state index in [4.69, 9.17) is 0 Å². The van der Waals surface area contributed by atoms with Gasteiger partial charge < -0.3 is 9.80 Å². The van der Waals surface area contributed by atoms with E-state index in [1.807, 2.05) is 40.9 Å². The van der Waals surface area contributed by atoms with Crippen molar-refractivity contribution in [1.82, 2.24) is 14.1 Å². The first-order chi connectivity index (χ1) is 15.4. The molecular formula is C23H27N3O3S3. The first-order valence-corrected chi connectivity index (χ1v) is 13.8. The van der Waals surface area contributed by atoms with Gasteiger partial charge in [-0.2, -0.15) is 4.31 Å². The van der Waals surface area contributed by atoms with E-state index in [1.165, 1.54) is 15.2 Å². The zero-order valence-electron chi connectivity index (χ0n) is 18.0. The normalized spacial score (nSPS) is 15.7. The summed E-state index contributed by atoms with van der Waals surface area (Å²) in [5.41, 5.74) is 0.405. The van der Waals surface area contributed by atoms with Crippen molar-refractivity contribution in [2.75, 3.05) is 39.8 Å². The highest BCUT2D eigenvalue weighted by Crippen LogP contribution is 2.21. The topological polar surface area (TPSA) is 60.9 Å². The van der Waals surface area contributed by atoms with E-state index in [0.29, 0.717) is 44.8 Å². The molecule has 1 aliphatic heterocycles. The van der Waals surface area contributed by atoms with Crippen LogP contribution in [0.5, 0.6) is 0 Å². The van der Waals surface area contributed by atoms with Gasteiger partial charge in [-0.1, -0.05) is 18.2 Å². The SMILES string of the molecule is CN1CCN(S(=O)(=O)c2cccc(C(=O)N(CCc3cccs3)Cc3cccs3)c2)CC1. The number of carbonyl (C=O) groups excluding carboxylic acids is 1. The van der Waals surface area contributed by atoms with Crippen molar-refractivity contribution >= 4 is 38.6 Å². The molecule has 0 atom stereocenters. The van der Waals surface area contributed by atoms with Crippen molar-refractivity contribution < 1.29 is 13.2 Å². The number of likely N-dealkylation sites (N-methyl/N-ethyl adjacent to an activating group) is 1. The molecule has 6 nitrogen and oxygen atoms in total. The van der Waals surface area contributed by atoms with E-state index >= 15 is 0 Å². The van der Waals surface area contributed by atoms with Crippen molar-refractivity contribution in [3.8, 4) is 0 Å². The van der Waals surface area contributed by atoms with Crippen LogP contribution in [0.1, 0.15) is 20.1 Å². The molecule has 32 heavy (non-hydrogen) atoms. The molecule has 1 aliphatic rings.